The summed E-state index contributed by atoms with van der Waals surface area (Å²) in [6.07, 6.45) is 3.98. The molecule has 0 saturated carbocycles. The van der Waals surface area contributed by atoms with Crippen molar-refractivity contribution in [1.82, 2.24) is 24.6 Å². The molecular weight excluding hydrogens is 402 g/mol. The number of thioether (sulfide) groups is 1. The van der Waals surface area contributed by atoms with Crippen LogP contribution in [0.2, 0.25) is 0 Å². The first kappa shape index (κ1) is 20.1. The van der Waals surface area contributed by atoms with Crippen LogP contribution in [0.5, 0.6) is 0 Å². The van der Waals surface area contributed by atoms with Crippen LogP contribution in [0.15, 0.2) is 41.0 Å². The molecule has 1 amide bonds. The summed E-state index contributed by atoms with van der Waals surface area (Å²) in [7, 11) is 0. The van der Waals surface area contributed by atoms with Crippen LogP contribution in [0.3, 0.4) is 0 Å². The fraction of sp³-hybridized carbons (Fsp3) is 0.429. The molecule has 152 valence electrons. The molecule has 3 aromatic rings. The Morgan fingerprint density at radius 3 is 3.00 bits per heavy atom. The molecule has 2 aromatic heterocycles. The van der Waals surface area contributed by atoms with Gasteiger partial charge in [-0.1, -0.05) is 35.5 Å². The number of amides is 1. The summed E-state index contributed by atoms with van der Waals surface area (Å²) in [4.78, 5) is 19.3. The first-order valence-corrected chi connectivity index (χ1v) is 11.8. The zero-order valence-electron chi connectivity index (χ0n) is 16.7. The molecule has 0 spiro atoms. The van der Waals surface area contributed by atoms with Gasteiger partial charge in [-0.3, -0.25) is 4.79 Å². The van der Waals surface area contributed by atoms with Crippen molar-refractivity contribution in [2.45, 2.75) is 44.3 Å². The smallest absolute Gasteiger partial charge is 0.233 e. The molecular formula is C21H25N5OS2. The van der Waals surface area contributed by atoms with Crippen LogP contribution in [0, 0.1) is 6.92 Å². The third-order valence-corrected chi connectivity index (χ3v) is 7.10. The van der Waals surface area contributed by atoms with E-state index in [1.165, 1.54) is 17.3 Å². The zero-order chi connectivity index (χ0) is 20.2. The SMILES string of the molecule is CCn1c(SCC(=O)N2CCCC(c3nccs3)C2)nnc1-c1cccc(C)c1. The van der Waals surface area contributed by atoms with Crippen molar-refractivity contribution < 1.29 is 4.79 Å². The van der Waals surface area contributed by atoms with Crippen molar-refractivity contribution in [3.05, 3.63) is 46.4 Å². The van der Waals surface area contributed by atoms with Crippen LogP contribution in [0.4, 0.5) is 0 Å². The molecule has 6 nitrogen and oxygen atoms in total. The Labute approximate surface area is 179 Å². The minimum absolute atomic E-state index is 0.166. The summed E-state index contributed by atoms with van der Waals surface area (Å²) < 4.78 is 2.08. The van der Waals surface area contributed by atoms with E-state index in [2.05, 4.69) is 51.8 Å². The van der Waals surface area contributed by atoms with Gasteiger partial charge >= 0.3 is 0 Å². The molecule has 1 saturated heterocycles. The molecule has 29 heavy (non-hydrogen) atoms. The van der Waals surface area contributed by atoms with Gasteiger partial charge in [-0.05, 0) is 32.8 Å². The van der Waals surface area contributed by atoms with Gasteiger partial charge in [0.1, 0.15) is 0 Å². The Morgan fingerprint density at radius 1 is 1.34 bits per heavy atom. The van der Waals surface area contributed by atoms with Gasteiger partial charge < -0.3 is 9.47 Å². The molecule has 0 aliphatic carbocycles. The van der Waals surface area contributed by atoms with Crippen molar-refractivity contribution >= 4 is 29.0 Å². The molecule has 0 bridgehead atoms. The second kappa shape index (κ2) is 9.09. The molecule has 1 aromatic carbocycles. The van der Waals surface area contributed by atoms with E-state index in [4.69, 9.17) is 0 Å². The number of carbonyl (C=O) groups is 1. The molecule has 1 fully saturated rings. The summed E-state index contributed by atoms with van der Waals surface area (Å²) in [6.45, 7) is 6.51. The van der Waals surface area contributed by atoms with E-state index < -0.39 is 0 Å². The van der Waals surface area contributed by atoms with E-state index >= 15 is 0 Å². The molecule has 1 aliphatic rings. The lowest BCUT2D eigenvalue weighted by molar-refractivity contribution is -0.129. The van der Waals surface area contributed by atoms with Crippen LogP contribution >= 0.6 is 23.1 Å². The fourth-order valence-electron chi connectivity index (χ4n) is 3.74. The molecule has 4 rings (SSSR count). The summed E-state index contributed by atoms with van der Waals surface area (Å²) in [5.74, 6) is 1.77. The zero-order valence-corrected chi connectivity index (χ0v) is 18.4. The lowest BCUT2D eigenvalue weighted by atomic mass is 9.99. The van der Waals surface area contributed by atoms with E-state index in [1.54, 1.807) is 11.3 Å². The lowest BCUT2D eigenvalue weighted by Gasteiger charge is -2.31. The molecule has 0 radical (unpaired) electrons. The molecule has 1 atom stereocenters. The second-order valence-electron chi connectivity index (χ2n) is 7.26. The maximum Gasteiger partial charge on any atom is 0.233 e. The Kier molecular flexibility index (Phi) is 6.30. The molecule has 3 heterocycles. The average molecular weight is 428 g/mol. The van der Waals surface area contributed by atoms with Gasteiger partial charge in [0.25, 0.3) is 0 Å². The van der Waals surface area contributed by atoms with Crippen LogP contribution in [-0.2, 0) is 11.3 Å². The number of aromatic nitrogens is 4. The number of benzene rings is 1. The van der Waals surface area contributed by atoms with Gasteiger partial charge in [-0.15, -0.1) is 21.5 Å². The molecule has 1 unspecified atom stereocenters. The first-order valence-electron chi connectivity index (χ1n) is 9.96. The number of likely N-dealkylation sites (tertiary alicyclic amines) is 1. The topological polar surface area (TPSA) is 63.9 Å². The van der Waals surface area contributed by atoms with Crippen LogP contribution in [-0.4, -0.2) is 49.4 Å². The first-order chi connectivity index (χ1) is 14.2. The number of hydrogen-bond acceptors (Lipinski definition) is 6. The van der Waals surface area contributed by atoms with Crippen LogP contribution in [0.1, 0.15) is 36.3 Å². The monoisotopic (exact) mass is 427 g/mol. The fourth-order valence-corrected chi connectivity index (χ4v) is 5.41. The summed E-state index contributed by atoms with van der Waals surface area (Å²) in [5, 5.41) is 12.7. The van der Waals surface area contributed by atoms with E-state index in [1.807, 2.05) is 22.5 Å². The molecule has 8 heteroatoms. The van der Waals surface area contributed by atoms with E-state index in [0.717, 1.165) is 54.0 Å². The lowest BCUT2D eigenvalue weighted by Crippen LogP contribution is -2.40. The third kappa shape index (κ3) is 4.53. The van der Waals surface area contributed by atoms with E-state index in [9.17, 15) is 4.79 Å². The van der Waals surface area contributed by atoms with Crippen molar-refractivity contribution in [2.24, 2.45) is 0 Å². The van der Waals surface area contributed by atoms with Gasteiger partial charge in [0.2, 0.25) is 5.91 Å². The highest BCUT2D eigenvalue weighted by molar-refractivity contribution is 7.99. The standard InChI is InChI=1S/C21H25N5OS2/c1-3-26-19(16-7-4-6-15(2)12-16)23-24-21(26)29-14-18(27)25-10-5-8-17(13-25)20-22-9-11-28-20/h4,6-7,9,11-12,17H,3,5,8,10,13-14H2,1-2H3. The van der Waals surface area contributed by atoms with Crippen LogP contribution in [0.25, 0.3) is 11.4 Å². The van der Waals surface area contributed by atoms with Gasteiger partial charge in [0.05, 0.1) is 10.8 Å². The highest BCUT2D eigenvalue weighted by Gasteiger charge is 2.26. The highest BCUT2D eigenvalue weighted by Crippen LogP contribution is 2.29. The van der Waals surface area contributed by atoms with Crippen molar-refractivity contribution in [2.75, 3.05) is 18.8 Å². The average Bonchev–Trinajstić information content (AvgIpc) is 3.42. The Morgan fingerprint density at radius 2 is 2.24 bits per heavy atom. The maximum atomic E-state index is 12.8. The number of aryl methyl sites for hydroxylation is 1. The number of piperidine rings is 1. The van der Waals surface area contributed by atoms with Gasteiger partial charge in [0, 0.05) is 42.7 Å². The van der Waals surface area contributed by atoms with Crippen molar-refractivity contribution in [3.8, 4) is 11.4 Å². The van der Waals surface area contributed by atoms with Gasteiger partial charge in [-0.2, -0.15) is 0 Å². The Bertz CT molecular complexity index is 969. The number of rotatable bonds is 6. The second-order valence-corrected chi connectivity index (χ2v) is 9.13. The number of nitrogens with zero attached hydrogens (tertiary/aromatic N) is 5. The molecule has 1 aliphatic heterocycles. The van der Waals surface area contributed by atoms with Crippen molar-refractivity contribution in [1.29, 1.82) is 0 Å². The number of carbonyl (C=O) groups excluding carboxylic acids is 1. The quantitative estimate of drug-likeness (QED) is 0.551. The normalized spacial score (nSPS) is 16.9. The Balaban J connectivity index is 1.42. The summed E-state index contributed by atoms with van der Waals surface area (Å²) in [5.41, 5.74) is 2.25. The minimum Gasteiger partial charge on any atom is -0.341 e. The summed E-state index contributed by atoms with van der Waals surface area (Å²) in [6, 6.07) is 8.27. The summed E-state index contributed by atoms with van der Waals surface area (Å²) >= 11 is 3.16. The van der Waals surface area contributed by atoms with Gasteiger partial charge in [0.15, 0.2) is 11.0 Å². The largest absolute Gasteiger partial charge is 0.341 e. The Hall–Kier alpha value is -2.19. The van der Waals surface area contributed by atoms with E-state index in [0.29, 0.717) is 11.7 Å². The number of hydrogen-bond donors (Lipinski definition) is 0. The third-order valence-electron chi connectivity index (χ3n) is 5.21. The molecule has 0 N–H and O–H groups in total. The number of thiazole rings is 1. The van der Waals surface area contributed by atoms with Crippen LogP contribution < -0.4 is 0 Å². The van der Waals surface area contributed by atoms with E-state index in [-0.39, 0.29) is 5.91 Å². The maximum absolute atomic E-state index is 12.8. The van der Waals surface area contributed by atoms with Crippen molar-refractivity contribution in [3.63, 3.8) is 0 Å². The predicted molar refractivity (Wildman–Crippen MR) is 117 cm³/mol. The highest BCUT2D eigenvalue weighted by atomic mass is 32.2. The van der Waals surface area contributed by atoms with Gasteiger partial charge in [-0.25, -0.2) is 4.98 Å². The predicted octanol–water partition coefficient (Wildman–Crippen LogP) is 4.23. The minimum atomic E-state index is 0.166.